The van der Waals surface area contributed by atoms with Crippen LogP contribution in [0.4, 0.5) is 8.78 Å². The molecule has 0 radical (unpaired) electrons. The second kappa shape index (κ2) is 4.85. The van der Waals surface area contributed by atoms with Crippen LogP contribution in [0.3, 0.4) is 0 Å². The first-order valence-corrected chi connectivity index (χ1v) is 3.14. The molecule has 4 heteroatoms. The minimum Gasteiger partial charge on any atom is -0.320 e. The molecule has 0 amide bonds. The highest BCUT2D eigenvalue weighted by molar-refractivity contribution is 5.85. The van der Waals surface area contributed by atoms with Crippen LogP contribution in [-0.4, -0.2) is 12.0 Å². The summed E-state index contributed by atoms with van der Waals surface area (Å²) < 4.78 is 23.9. The number of hydrogen-bond donors (Lipinski definition) is 1. The lowest BCUT2D eigenvalue weighted by atomic mass is 9.95. The zero-order valence-corrected chi connectivity index (χ0v) is 7.05. The molecule has 10 heavy (non-hydrogen) atoms. The average molecular weight is 174 g/mol. The predicted octanol–water partition coefficient (Wildman–Crippen LogP) is 2.19. The SMILES string of the molecule is CCC(N)(CC)C(F)F.Cl. The van der Waals surface area contributed by atoms with Crippen molar-refractivity contribution in [3.8, 4) is 0 Å². The molecule has 0 rings (SSSR count). The summed E-state index contributed by atoms with van der Waals surface area (Å²) in [5.74, 6) is 0. The van der Waals surface area contributed by atoms with E-state index in [-0.39, 0.29) is 12.4 Å². The normalized spacial score (nSPS) is 11.4. The Morgan fingerprint density at radius 3 is 1.60 bits per heavy atom. The lowest BCUT2D eigenvalue weighted by Crippen LogP contribution is -2.45. The summed E-state index contributed by atoms with van der Waals surface area (Å²) in [5, 5.41) is 0. The quantitative estimate of drug-likeness (QED) is 0.696. The third-order valence-corrected chi connectivity index (χ3v) is 1.75. The fraction of sp³-hybridized carbons (Fsp3) is 1.00. The molecule has 0 bridgehead atoms. The Balaban J connectivity index is 0. The van der Waals surface area contributed by atoms with Gasteiger partial charge in [0.05, 0.1) is 5.54 Å². The molecule has 0 fully saturated rings. The van der Waals surface area contributed by atoms with Gasteiger partial charge < -0.3 is 5.73 Å². The van der Waals surface area contributed by atoms with Gasteiger partial charge in [-0.25, -0.2) is 8.78 Å². The molecule has 0 aromatic rings. The lowest BCUT2D eigenvalue weighted by Gasteiger charge is -2.24. The monoisotopic (exact) mass is 173 g/mol. The molecule has 0 aliphatic carbocycles. The van der Waals surface area contributed by atoms with Crippen LogP contribution < -0.4 is 5.73 Å². The van der Waals surface area contributed by atoms with Gasteiger partial charge in [0.15, 0.2) is 0 Å². The van der Waals surface area contributed by atoms with E-state index in [1.807, 2.05) is 0 Å². The molecule has 0 heterocycles. The standard InChI is InChI=1S/C6H13F2N.ClH/c1-3-6(9,4-2)5(7)8;/h5H,3-4,9H2,1-2H3;1H. The maximum atomic E-state index is 12.0. The van der Waals surface area contributed by atoms with Gasteiger partial charge in [0.2, 0.25) is 0 Å². The zero-order chi connectivity index (χ0) is 7.49. The largest absolute Gasteiger partial charge is 0.320 e. The molecule has 0 aromatic carbocycles. The zero-order valence-electron chi connectivity index (χ0n) is 6.23. The molecular weight excluding hydrogens is 160 g/mol. The van der Waals surface area contributed by atoms with Gasteiger partial charge in [-0.1, -0.05) is 13.8 Å². The second-order valence-corrected chi connectivity index (χ2v) is 2.24. The summed E-state index contributed by atoms with van der Waals surface area (Å²) in [5.41, 5.74) is 4.04. The number of rotatable bonds is 3. The number of nitrogens with two attached hydrogens (primary N) is 1. The van der Waals surface area contributed by atoms with Crippen LogP contribution in [0.15, 0.2) is 0 Å². The minimum atomic E-state index is -2.40. The molecule has 0 atom stereocenters. The fourth-order valence-electron chi connectivity index (χ4n) is 0.559. The highest BCUT2D eigenvalue weighted by Gasteiger charge is 2.31. The topological polar surface area (TPSA) is 26.0 Å². The maximum absolute atomic E-state index is 12.0. The van der Waals surface area contributed by atoms with Gasteiger partial charge in [0.25, 0.3) is 6.43 Å². The van der Waals surface area contributed by atoms with Crippen LogP contribution in [0.2, 0.25) is 0 Å². The summed E-state index contributed by atoms with van der Waals surface area (Å²) in [6, 6.07) is 0. The molecule has 0 aliphatic heterocycles. The van der Waals surface area contributed by atoms with Crippen LogP contribution in [0, 0.1) is 0 Å². The van der Waals surface area contributed by atoms with Crippen LogP contribution in [0.1, 0.15) is 26.7 Å². The Kier molecular flexibility index (Phi) is 6.19. The van der Waals surface area contributed by atoms with Crippen LogP contribution in [-0.2, 0) is 0 Å². The Bertz CT molecular complexity index is 83.8. The Labute approximate surface area is 66.4 Å². The van der Waals surface area contributed by atoms with Crippen molar-refractivity contribution in [2.75, 3.05) is 0 Å². The third kappa shape index (κ3) is 2.80. The molecule has 1 nitrogen and oxygen atoms in total. The third-order valence-electron chi connectivity index (χ3n) is 1.75. The van der Waals surface area contributed by atoms with E-state index in [0.717, 1.165) is 0 Å². The Hall–Kier alpha value is 0.110. The van der Waals surface area contributed by atoms with Crippen molar-refractivity contribution in [2.45, 2.75) is 38.7 Å². The Morgan fingerprint density at radius 2 is 1.60 bits per heavy atom. The fourth-order valence-corrected chi connectivity index (χ4v) is 0.559. The van der Waals surface area contributed by atoms with Crippen molar-refractivity contribution >= 4 is 12.4 Å². The molecule has 0 aromatic heterocycles. The van der Waals surface area contributed by atoms with Gasteiger partial charge in [0.1, 0.15) is 0 Å². The number of alkyl halides is 2. The smallest absolute Gasteiger partial charge is 0.256 e. The van der Waals surface area contributed by atoms with E-state index in [1.54, 1.807) is 13.8 Å². The first kappa shape index (κ1) is 12.8. The summed E-state index contributed by atoms with van der Waals surface area (Å²) in [6.45, 7) is 3.35. The molecule has 0 spiro atoms. The Morgan fingerprint density at radius 1 is 1.30 bits per heavy atom. The molecule has 0 aliphatic rings. The van der Waals surface area contributed by atoms with E-state index in [4.69, 9.17) is 5.73 Å². The molecule has 0 saturated heterocycles. The van der Waals surface area contributed by atoms with Gasteiger partial charge in [0, 0.05) is 0 Å². The van der Waals surface area contributed by atoms with Gasteiger partial charge in [-0.2, -0.15) is 0 Å². The van der Waals surface area contributed by atoms with Crippen LogP contribution in [0.25, 0.3) is 0 Å². The summed E-state index contributed by atoms with van der Waals surface area (Å²) in [4.78, 5) is 0. The highest BCUT2D eigenvalue weighted by atomic mass is 35.5. The molecule has 0 unspecified atom stereocenters. The number of hydrogen-bond acceptors (Lipinski definition) is 1. The average Bonchev–Trinajstić information content (AvgIpc) is 1.86. The van der Waals surface area contributed by atoms with E-state index < -0.39 is 12.0 Å². The first-order valence-electron chi connectivity index (χ1n) is 3.14. The van der Waals surface area contributed by atoms with Crippen molar-refractivity contribution in [3.63, 3.8) is 0 Å². The predicted molar refractivity (Wildman–Crippen MR) is 40.8 cm³/mol. The van der Waals surface area contributed by atoms with Crippen LogP contribution >= 0.6 is 12.4 Å². The maximum Gasteiger partial charge on any atom is 0.256 e. The van der Waals surface area contributed by atoms with Crippen molar-refractivity contribution in [1.82, 2.24) is 0 Å². The van der Waals surface area contributed by atoms with E-state index in [2.05, 4.69) is 0 Å². The van der Waals surface area contributed by atoms with E-state index in [0.29, 0.717) is 12.8 Å². The molecular formula is C6H14ClF2N. The van der Waals surface area contributed by atoms with E-state index in [1.165, 1.54) is 0 Å². The van der Waals surface area contributed by atoms with E-state index in [9.17, 15) is 8.78 Å². The summed E-state index contributed by atoms with van der Waals surface area (Å²) in [6.07, 6.45) is -1.73. The van der Waals surface area contributed by atoms with Gasteiger partial charge >= 0.3 is 0 Å². The second-order valence-electron chi connectivity index (χ2n) is 2.24. The molecule has 64 valence electrons. The summed E-state index contributed by atoms with van der Waals surface area (Å²) in [7, 11) is 0. The number of halogens is 3. The van der Waals surface area contributed by atoms with Crippen LogP contribution in [0.5, 0.6) is 0 Å². The van der Waals surface area contributed by atoms with Crippen molar-refractivity contribution in [1.29, 1.82) is 0 Å². The van der Waals surface area contributed by atoms with Gasteiger partial charge in [-0.15, -0.1) is 12.4 Å². The van der Waals surface area contributed by atoms with Crippen molar-refractivity contribution in [2.24, 2.45) is 5.73 Å². The van der Waals surface area contributed by atoms with Crippen molar-refractivity contribution < 1.29 is 8.78 Å². The lowest BCUT2D eigenvalue weighted by molar-refractivity contribution is 0.0489. The van der Waals surface area contributed by atoms with Gasteiger partial charge in [-0.05, 0) is 12.8 Å². The highest BCUT2D eigenvalue weighted by Crippen LogP contribution is 2.19. The minimum absolute atomic E-state index is 0. The van der Waals surface area contributed by atoms with E-state index >= 15 is 0 Å². The van der Waals surface area contributed by atoms with Crippen molar-refractivity contribution in [3.05, 3.63) is 0 Å². The molecule has 2 N–H and O–H groups in total. The summed E-state index contributed by atoms with van der Waals surface area (Å²) >= 11 is 0. The molecule has 0 saturated carbocycles. The van der Waals surface area contributed by atoms with Gasteiger partial charge in [-0.3, -0.25) is 0 Å². The first-order chi connectivity index (χ1) is 4.06.